The third kappa shape index (κ3) is 1.56. The molecule has 0 fully saturated rings. The summed E-state index contributed by atoms with van der Waals surface area (Å²) in [7, 11) is 0. The summed E-state index contributed by atoms with van der Waals surface area (Å²) in [5, 5.41) is 1.15. The summed E-state index contributed by atoms with van der Waals surface area (Å²) in [4.78, 5) is 8.62. The molecule has 13 heavy (non-hydrogen) atoms. The van der Waals surface area contributed by atoms with E-state index in [1.54, 1.807) is 0 Å². The molecule has 0 saturated carbocycles. The van der Waals surface area contributed by atoms with E-state index >= 15 is 0 Å². The van der Waals surface area contributed by atoms with Crippen LogP contribution in [0.25, 0.3) is 10.9 Å². The van der Waals surface area contributed by atoms with Gasteiger partial charge in [0.2, 0.25) is 0 Å². The van der Waals surface area contributed by atoms with Crippen molar-refractivity contribution in [3.63, 3.8) is 0 Å². The highest BCUT2D eigenvalue weighted by Gasteiger charge is 2.02. The van der Waals surface area contributed by atoms with Crippen LogP contribution in [0.5, 0.6) is 0 Å². The van der Waals surface area contributed by atoms with Gasteiger partial charge in [-0.05, 0) is 28.4 Å². The van der Waals surface area contributed by atoms with E-state index in [-0.39, 0.29) is 0 Å². The van der Waals surface area contributed by atoms with Crippen LogP contribution in [0, 0.1) is 0 Å². The van der Waals surface area contributed by atoms with Crippen LogP contribution in [-0.4, -0.2) is 9.97 Å². The molecule has 0 aliphatic heterocycles. The van der Waals surface area contributed by atoms with Crippen molar-refractivity contribution in [1.29, 1.82) is 0 Å². The van der Waals surface area contributed by atoms with Crippen molar-refractivity contribution < 1.29 is 0 Å². The monoisotopic (exact) mass is 236 g/mol. The highest BCUT2D eigenvalue weighted by molar-refractivity contribution is 9.10. The van der Waals surface area contributed by atoms with Crippen LogP contribution in [0.2, 0.25) is 0 Å². The maximum absolute atomic E-state index is 4.33. The van der Waals surface area contributed by atoms with Gasteiger partial charge in [0.1, 0.15) is 0 Å². The Morgan fingerprint density at radius 3 is 2.77 bits per heavy atom. The zero-order valence-corrected chi connectivity index (χ0v) is 8.87. The number of nitrogens with zero attached hydrogens (tertiary/aromatic N) is 2. The zero-order chi connectivity index (χ0) is 9.26. The largest absolute Gasteiger partial charge is 0.227 e. The number of hydrogen-bond acceptors (Lipinski definition) is 2. The molecule has 0 radical (unpaired) electrons. The third-order valence-corrected chi connectivity index (χ3v) is 2.34. The fraction of sp³-hybridized carbons (Fsp3) is 0.200. The Hall–Kier alpha value is -0.960. The lowest BCUT2D eigenvalue weighted by molar-refractivity contribution is 1.01. The van der Waals surface area contributed by atoms with Gasteiger partial charge in [0.05, 0.1) is 11.2 Å². The van der Waals surface area contributed by atoms with Gasteiger partial charge in [-0.1, -0.05) is 25.1 Å². The highest BCUT2D eigenvalue weighted by atomic mass is 79.9. The molecule has 1 aromatic carbocycles. The minimum atomic E-state index is 0.669. The van der Waals surface area contributed by atoms with Gasteiger partial charge < -0.3 is 0 Å². The van der Waals surface area contributed by atoms with Gasteiger partial charge in [0.25, 0.3) is 0 Å². The van der Waals surface area contributed by atoms with E-state index in [1.807, 2.05) is 18.2 Å². The molecule has 1 heterocycles. The van der Waals surface area contributed by atoms with Crippen LogP contribution in [0.15, 0.2) is 29.0 Å². The van der Waals surface area contributed by atoms with E-state index in [2.05, 4.69) is 38.9 Å². The van der Waals surface area contributed by atoms with Crippen LogP contribution < -0.4 is 0 Å². The maximum atomic E-state index is 4.33. The Bertz CT molecular complexity index is 440. The third-order valence-electron chi connectivity index (χ3n) is 1.99. The summed E-state index contributed by atoms with van der Waals surface area (Å²) < 4.78 is 0.669. The second-order valence-corrected chi connectivity index (χ2v) is 3.52. The van der Waals surface area contributed by atoms with Gasteiger partial charge in [0, 0.05) is 5.39 Å². The molecule has 0 amide bonds. The first-order chi connectivity index (χ1) is 6.31. The lowest BCUT2D eigenvalue weighted by Crippen LogP contribution is -1.93. The van der Waals surface area contributed by atoms with E-state index in [9.17, 15) is 0 Å². The highest BCUT2D eigenvalue weighted by Crippen LogP contribution is 2.17. The molecule has 0 N–H and O–H groups in total. The van der Waals surface area contributed by atoms with E-state index in [0.717, 1.165) is 23.0 Å². The molecule has 0 atom stereocenters. The number of para-hydroxylation sites is 1. The lowest BCUT2D eigenvalue weighted by Gasteiger charge is -2.02. The number of hydrogen-bond donors (Lipinski definition) is 0. The number of fused-ring (bicyclic) bond motifs is 1. The zero-order valence-electron chi connectivity index (χ0n) is 7.29. The fourth-order valence-corrected chi connectivity index (χ4v) is 1.79. The second kappa shape index (κ2) is 3.42. The fourth-order valence-electron chi connectivity index (χ4n) is 1.38. The standard InChI is InChI=1S/C10H9BrN2/c1-2-8-7-5-3-4-6-9(7)13-10(11)12-8/h3-6H,2H2,1H3. The molecule has 0 spiro atoms. The maximum Gasteiger partial charge on any atom is 0.197 e. The normalized spacial score (nSPS) is 10.6. The van der Waals surface area contributed by atoms with Crippen LogP contribution in [-0.2, 0) is 6.42 Å². The van der Waals surface area contributed by atoms with Gasteiger partial charge >= 0.3 is 0 Å². The predicted molar refractivity (Wildman–Crippen MR) is 56.6 cm³/mol. The number of aryl methyl sites for hydroxylation is 1. The molecule has 0 bridgehead atoms. The first-order valence-electron chi connectivity index (χ1n) is 4.22. The number of rotatable bonds is 1. The second-order valence-electron chi connectivity index (χ2n) is 2.81. The Balaban J connectivity index is 2.81. The van der Waals surface area contributed by atoms with E-state index < -0.39 is 0 Å². The molecule has 1 aromatic heterocycles. The van der Waals surface area contributed by atoms with Gasteiger partial charge in [0.15, 0.2) is 4.73 Å². The number of benzene rings is 1. The Morgan fingerprint density at radius 1 is 1.23 bits per heavy atom. The quantitative estimate of drug-likeness (QED) is 0.712. The average Bonchev–Trinajstić information content (AvgIpc) is 2.16. The van der Waals surface area contributed by atoms with Crippen LogP contribution in [0.1, 0.15) is 12.6 Å². The van der Waals surface area contributed by atoms with Crippen LogP contribution >= 0.6 is 15.9 Å². The average molecular weight is 237 g/mol. The molecular formula is C10H9BrN2. The first-order valence-corrected chi connectivity index (χ1v) is 5.01. The molecule has 0 unspecified atom stereocenters. The molecule has 0 aliphatic rings. The summed E-state index contributed by atoms with van der Waals surface area (Å²) in [5.41, 5.74) is 2.10. The lowest BCUT2D eigenvalue weighted by atomic mass is 10.1. The van der Waals surface area contributed by atoms with Crippen molar-refractivity contribution >= 4 is 26.8 Å². The van der Waals surface area contributed by atoms with Crippen LogP contribution in [0.3, 0.4) is 0 Å². The van der Waals surface area contributed by atoms with Crippen molar-refractivity contribution in [3.8, 4) is 0 Å². The predicted octanol–water partition coefficient (Wildman–Crippen LogP) is 2.95. The molecule has 2 rings (SSSR count). The van der Waals surface area contributed by atoms with Crippen LogP contribution in [0.4, 0.5) is 0 Å². The molecule has 2 aromatic rings. The molecule has 0 saturated heterocycles. The van der Waals surface area contributed by atoms with E-state index in [0.29, 0.717) is 4.73 Å². The van der Waals surface area contributed by atoms with Gasteiger partial charge in [-0.15, -0.1) is 0 Å². The topological polar surface area (TPSA) is 25.8 Å². The Morgan fingerprint density at radius 2 is 2.00 bits per heavy atom. The van der Waals surface area contributed by atoms with E-state index in [1.165, 1.54) is 0 Å². The summed E-state index contributed by atoms with van der Waals surface area (Å²) >= 11 is 3.30. The number of aromatic nitrogens is 2. The molecule has 0 aliphatic carbocycles. The summed E-state index contributed by atoms with van der Waals surface area (Å²) in [6.45, 7) is 2.10. The molecule has 2 nitrogen and oxygen atoms in total. The van der Waals surface area contributed by atoms with Crippen molar-refractivity contribution in [2.24, 2.45) is 0 Å². The summed E-state index contributed by atoms with van der Waals surface area (Å²) in [6, 6.07) is 8.06. The van der Waals surface area contributed by atoms with Gasteiger partial charge in [-0.3, -0.25) is 0 Å². The van der Waals surface area contributed by atoms with Crippen molar-refractivity contribution in [1.82, 2.24) is 9.97 Å². The van der Waals surface area contributed by atoms with Gasteiger partial charge in [-0.2, -0.15) is 0 Å². The van der Waals surface area contributed by atoms with E-state index in [4.69, 9.17) is 0 Å². The molecular weight excluding hydrogens is 228 g/mol. The minimum Gasteiger partial charge on any atom is -0.227 e. The van der Waals surface area contributed by atoms with Crippen molar-refractivity contribution in [2.45, 2.75) is 13.3 Å². The first kappa shape index (κ1) is 8.63. The Labute approximate surface area is 85.1 Å². The van der Waals surface area contributed by atoms with Crippen molar-refractivity contribution in [2.75, 3.05) is 0 Å². The summed E-state index contributed by atoms with van der Waals surface area (Å²) in [5.74, 6) is 0. The van der Waals surface area contributed by atoms with Crippen molar-refractivity contribution in [3.05, 3.63) is 34.7 Å². The molecule has 3 heteroatoms. The van der Waals surface area contributed by atoms with Gasteiger partial charge in [-0.25, -0.2) is 9.97 Å². The Kier molecular flexibility index (Phi) is 2.27. The molecule has 66 valence electrons. The SMILES string of the molecule is CCc1nc(Br)nc2ccccc12. The number of halogens is 1. The smallest absolute Gasteiger partial charge is 0.197 e. The minimum absolute atomic E-state index is 0.669. The summed E-state index contributed by atoms with van der Waals surface area (Å²) in [6.07, 6.45) is 0.932.